The fourth-order valence-corrected chi connectivity index (χ4v) is 1.96. The van der Waals surface area contributed by atoms with Crippen molar-refractivity contribution in [2.75, 3.05) is 11.9 Å². The van der Waals surface area contributed by atoms with Gasteiger partial charge in [-0.25, -0.2) is 0 Å². The van der Waals surface area contributed by atoms with Crippen LogP contribution in [0.4, 0.5) is 5.69 Å². The van der Waals surface area contributed by atoms with E-state index < -0.39 is 11.4 Å². The van der Waals surface area contributed by atoms with E-state index >= 15 is 0 Å². The number of nitrogens with one attached hydrogen (secondary N) is 2. The normalized spacial score (nSPS) is 15.1. The standard InChI is InChI=1S/C15H18N2O4/c1-2-12(18)17-11-5-3-4-10(8-11)13(19)16-9-15(6-7-15)14(20)21/h3-5,8H,2,6-7,9H2,1H3,(H,16,19)(H,17,18)(H,20,21). The van der Waals surface area contributed by atoms with Gasteiger partial charge in [0.1, 0.15) is 0 Å². The second kappa shape index (κ2) is 5.95. The lowest BCUT2D eigenvalue weighted by atomic mass is 10.1. The van der Waals surface area contributed by atoms with E-state index in [2.05, 4.69) is 10.6 Å². The number of anilines is 1. The summed E-state index contributed by atoms with van der Waals surface area (Å²) in [7, 11) is 0. The zero-order chi connectivity index (χ0) is 15.5. The number of hydrogen-bond donors (Lipinski definition) is 3. The molecule has 0 saturated heterocycles. The largest absolute Gasteiger partial charge is 0.481 e. The van der Waals surface area contributed by atoms with Crippen LogP contribution in [0.5, 0.6) is 0 Å². The maximum atomic E-state index is 12.0. The van der Waals surface area contributed by atoms with Gasteiger partial charge in [-0.05, 0) is 31.0 Å². The molecular weight excluding hydrogens is 272 g/mol. The van der Waals surface area contributed by atoms with Crippen molar-refractivity contribution in [1.82, 2.24) is 5.32 Å². The van der Waals surface area contributed by atoms with E-state index in [0.717, 1.165) is 0 Å². The van der Waals surface area contributed by atoms with Crippen LogP contribution in [-0.4, -0.2) is 29.4 Å². The molecule has 0 heterocycles. The minimum absolute atomic E-state index is 0.129. The SMILES string of the molecule is CCC(=O)Nc1cccc(C(=O)NCC2(C(=O)O)CC2)c1. The first-order chi connectivity index (χ1) is 9.97. The molecule has 1 aromatic rings. The first-order valence-corrected chi connectivity index (χ1v) is 6.88. The average molecular weight is 290 g/mol. The molecule has 1 saturated carbocycles. The van der Waals surface area contributed by atoms with Crippen molar-refractivity contribution in [2.45, 2.75) is 26.2 Å². The Hall–Kier alpha value is -2.37. The molecule has 6 heteroatoms. The molecule has 1 fully saturated rings. The zero-order valence-electron chi connectivity index (χ0n) is 11.8. The van der Waals surface area contributed by atoms with Crippen molar-refractivity contribution in [3.8, 4) is 0 Å². The summed E-state index contributed by atoms with van der Waals surface area (Å²) in [6.07, 6.45) is 1.54. The van der Waals surface area contributed by atoms with Crippen molar-refractivity contribution in [3.05, 3.63) is 29.8 Å². The molecule has 0 spiro atoms. The van der Waals surface area contributed by atoms with E-state index in [1.54, 1.807) is 31.2 Å². The Morgan fingerprint density at radius 2 is 2.00 bits per heavy atom. The molecule has 0 radical (unpaired) electrons. The van der Waals surface area contributed by atoms with E-state index in [1.165, 1.54) is 0 Å². The molecule has 1 aromatic carbocycles. The van der Waals surface area contributed by atoms with Crippen molar-refractivity contribution in [3.63, 3.8) is 0 Å². The van der Waals surface area contributed by atoms with Gasteiger partial charge >= 0.3 is 5.97 Å². The number of hydrogen-bond acceptors (Lipinski definition) is 3. The lowest BCUT2D eigenvalue weighted by molar-refractivity contribution is -0.143. The highest BCUT2D eigenvalue weighted by atomic mass is 16.4. The van der Waals surface area contributed by atoms with Crippen LogP contribution in [0.25, 0.3) is 0 Å². The van der Waals surface area contributed by atoms with Gasteiger partial charge in [-0.15, -0.1) is 0 Å². The molecule has 0 bridgehead atoms. The molecule has 0 unspecified atom stereocenters. The van der Waals surface area contributed by atoms with Crippen LogP contribution in [0.15, 0.2) is 24.3 Å². The maximum Gasteiger partial charge on any atom is 0.311 e. The smallest absolute Gasteiger partial charge is 0.311 e. The van der Waals surface area contributed by atoms with Gasteiger partial charge in [0.25, 0.3) is 5.91 Å². The molecule has 0 aliphatic heterocycles. The lowest BCUT2D eigenvalue weighted by Gasteiger charge is -2.12. The van der Waals surface area contributed by atoms with Gasteiger partial charge < -0.3 is 15.7 Å². The van der Waals surface area contributed by atoms with Gasteiger partial charge in [0.2, 0.25) is 5.91 Å². The van der Waals surface area contributed by atoms with Crippen LogP contribution in [0.2, 0.25) is 0 Å². The summed E-state index contributed by atoms with van der Waals surface area (Å²) < 4.78 is 0. The molecule has 2 amide bonds. The Morgan fingerprint density at radius 3 is 2.57 bits per heavy atom. The highest BCUT2D eigenvalue weighted by Gasteiger charge is 2.50. The molecule has 2 rings (SSSR count). The zero-order valence-corrected chi connectivity index (χ0v) is 11.8. The van der Waals surface area contributed by atoms with E-state index in [-0.39, 0.29) is 18.4 Å². The Morgan fingerprint density at radius 1 is 1.29 bits per heavy atom. The molecule has 6 nitrogen and oxygen atoms in total. The summed E-state index contributed by atoms with van der Waals surface area (Å²) in [5.74, 6) is -1.34. The Bertz CT molecular complexity index is 579. The van der Waals surface area contributed by atoms with Gasteiger partial charge in [0, 0.05) is 24.2 Å². The van der Waals surface area contributed by atoms with Crippen LogP contribution < -0.4 is 10.6 Å². The third-order valence-electron chi connectivity index (χ3n) is 3.62. The summed E-state index contributed by atoms with van der Waals surface area (Å²) in [4.78, 5) is 34.4. The van der Waals surface area contributed by atoms with Gasteiger partial charge in [0.05, 0.1) is 5.41 Å². The average Bonchev–Trinajstić information content (AvgIpc) is 3.26. The number of amides is 2. The summed E-state index contributed by atoms with van der Waals surface area (Å²) >= 11 is 0. The summed E-state index contributed by atoms with van der Waals surface area (Å²) in [6, 6.07) is 6.56. The topological polar surface area (TPSA) is 95.5 Å². The van der Waals surface area contributed by atoms with Gasteiger partial charge in [-0.1, -0.05) is 13.0 Å². The lowest BCUT2D eigenvalue weighted by Crippen LogP contribution is -2.34. The summed E-state index contributed by atoms with van der Waals surface area (Å²) in [6.45, 7) is 1.87. The number of aliphatic carboxylic acids is 1. The minimum atomic E-state index is -0.869. The van der Waals surface area contributed by atoms with Crippen molar-refractivity contribution in [1.29, 1.82) is 0 Å². The number of carbonyl (C=O) groups excluding carboxylic acids is 2. The number of rotatable bonds is 6. The number of carbonyl (C=O) groups is 3. The second-order valence-electron chi connectivity index (χ2n) is 5.25. The highest BCUT2D eigenvalue weighted by molar-refractivity contribution is 5.97. The highest BCUT2D eigenvalue weighted by Crippen LogP contribution is 2.45. The molecule has 3 N–H and O–H groups in total. The first kappa shape index (κ1) is 15.0. The van der Waals surface area contributed by atoms with Gasteiger partial charge in [-0.2, -0.15) is 0 Å². The van der Waals surface area contributed by atoms with Crippen molar-refractivity contribution < 1.29 is 19.5 Å². The van der Waals surface area contributed by atoms with Gasteiger partial charge in [0.15, 0.2) is 0 Å². The second-order valence-corrected chi connectivity index (χ2v) is 5.25. The maximum absolute atomic E-state index is 12.0. The molecule has 1 aliphatic rings. The number of carboxylic acid groups (broad SMARTS) is 1. The van der Waals surface area contributed by atoms with E-state index in [0.29, 0.717) is 30.5 Å². The molecule has 21 heavy (non-hydrogen) atoms. The fraction of sp³-hybridized carbons (Fsp3) is 0.400. The first-order valence-electron chi connectivity index (χ1n) is 6.88. The third-order valence-corrected chi connectivity index (χ3v) is 3.62. The van der Waals surface area contributed by atoms with Gasteiger partial charge in [-0.3, -0.25) is 14.4 Å². The quantitative estimate of drug-likeness (QED) is 0.742. The Labute approximate surface area is 122 Å². The summed E-state index contributed by atoms with van der Waals surface area (Å²) in [5, 5.41) is 14.4. The van der Waals surface area contributed by atoms with E-state index in [9.17, 15) is 14.4 Å². The molecule has 1 aliphatic carbocycles. The molecular formula is C15H18N2O4. The van der Waals surface area contributed by atoms with Crippen LogP contribution in [-0.2, 0) is 9.59 Å². The predicted molar refractivity (Wildman–Crippen MR) is 77.0 cm³/mol. The van der Waals surface area contributed by atoms with E-state index in [4.69, 9.17) is 5.11 Å². The number of benzene rings is 1. The van der Waals surface area contributed by atoms with Crippen LogP contribution in [0.3, 0.4) is 0 Å². The monoisotopic (exact) mass is 290 g/mol. The van der Waals surface area contributed by atoms with E-state index in [1.807, 2.05) is 0 Å². The van der Waals surface area contributed by atoms with Crippen molar-refractivity contribution in [2.24, 2.45) is 5.41 Å². The van der Waals surface area contributed by atoms with Crippen molar-refractivity contribution >= 4 is 23.5 Å². The third kappa shape index (κ3) is 3.59. The summed E-state index contributed by atoms with van der Waals surface area (Å²) in [5.41, 5.74) is 0.155. The Kier molecular flexibility index (Phi) is 4.26. The minimum Gasteiger partial charge on any atom is -0.481 e. The Balaban J connectivity index is 1.98. The molecule has 0 atom stereocenters. The van der Waals surface area contributed by atoms with Crippen LogP contribution in [0.1, 0.15) is 36.5 Å². The fourth-order valence-electron chi connectivity index (χ4n) is 1.96. The van der Waals surface area contributed by atoms with Crippen LogP contribution >= 0.6 is 0 Å². The van der Waals surface area contributed by atoms with Crippen LogP contribution in [0, 0.1) is 5.41 Å². The number of carboxylic acids is 1. The molecule has 112 valence electrons. The predicted octanol–water partition coefficient (Wildman–Crippen LogP) is 1.63. The molecule has 0 aromatic heterocycles.